The van der Waals surface area contributed by atoms with Crippen LogP contribution >= 0.6 is 0 Å². The van der Waals surface area contributed by atoms with E-state index < -0.39 is 0 Å². The molecule has 1 aromatic heterocycles. The summed E-state index contributed by atoms with van der Waals surface area (Å²) in [6.07, 6.45) is 10.9. The quantitative estimate of drug-likeness (QED) is 0.720. The molecule has 2 aromatic rings. The molecule has 4 amide bonds. The van der Waals surface area contributed by atoms with Gasteiger partial charge in [0, 0.05) is 43.3 Å². The molecule has 3 N–H and O–H groups in total. The lowest BCUT2D eigenvalue weighted by molar-refractivity contribution is 0.186. The maximum Gasteiger partial charge on any atom is 0.321 e. The highest BCUT2D eigenvalue weighted by Crippen LogP contribution is 2.18. The van der Waals surface area contributed by atoms with Crippen LogP contribution < -0.4 is 16.0 Å². The minimum Gasteiger partial charge on any atom is -0.335 e. The van der Waals surface area contributed by atoms with Crippen LogP contribution in [0.15, 0.2) is 42.7 Å². The third-order valence-corrected chi connectivity index (χ3v) is 5.92. The van der Waals surface area contributed by atoms with Crippen molar-refractivity contribution in [1.29, 1.82) is 0 Å². The molecule has 1 aliphatic carbocycles. The van der Waals surface area contributed by atoms with E-state index >= 15 is 0 Å². The van der Waals surface area contributed by atoms with Gasteiger partial charge in [-0.15, -0.1) is 0 Å². The molecule has 2 aliphatic rings. The minimum atomic E-state index is -0.113. The monoisotopic (exact) mass is 410 g/mol. The molecule has 0 spiro atoms. The van der Waals surface area contributed by atoms with Crippen LogP contribution in [0.1, 0.15) is 44.9 Å². The largest absolute Gasteiger partial charge is 0.335 e. The predicted octanol–water partition coefficient (Wildman–Crippen LogP) is 3.50. The molecule has 160 valence electrons. The first-order valence-electron chi connectivity index (χ1n) is 10.9. The van der Waals surface area contributed by atoms with Gasteiger partial charge in [0.05, 0.1) is 5.69 Å². The molecular formula is C22H30N6O2. The van der Waals surface area contributed by atoms with Gasteiger partial charge in [0.15, 0.2) is 0 Å². The molecule has 30 heavy (non-hydrogen) atoms. The summed E-state index contributed by atoms with van der Waals surface area (Å²) in [6.45, 7) is 1.25. The van der Waals surface area contributed by atoms with Gasteiger partial charge in [-0.2, -0.15) is 5.10 Å². The Labute approximate surface area is 177 Å². The molecule has 8 nitrogen and oxygen atoms in total. The van der Waals surface area contributed by atoms with Crippen LogP contribution in [-0.2, 0) is 0 Å². The molecule has 1 saturated carbocycles. The highest BCUT2D eigenvalue weighted by molar-refractivity contribution is 5.89. The second-order valence-corrected chi connectivity index (χ2v) is 8.15. The summed E-state index contributed by atoms with van der Waals surface area (Å²) in [6, 6.07) is 9.70. The zero-order valence-electron chi connectivity index (χ0n) is 17.2. The van der Waals surface area contributed by atoms with E-state index in [1.54, 1.807) is 15.8 Å². The van der Waals surface area contributed by atoms with Crippen molar-refractivity contribution in [3.63, 3.8) is 0 Å². The van der Waals surface area contributed by atoms with E-state index in [-0.39, 0.29) is 18.1 Å². The molecule has 1 aromatic carbocycles. The number of piperidine rings is 1. The summed E-state index contributed by atoms with van der Waals surface area (Å²) >= 11 is 0. The van der Waals surface area contributed by atoms with Crippen LogP contribution in [0.2, 0.25) is 0 Å². The number of benzene rings is 1. The third kappa shape index (κ3) is 5.31. The second-order valence-electron chi connectivity index (χ2n) is 8.15. The Balaban J connectivity index is 1.22. The van der Waals surface area contributed by atoms with Gasteiger partial charge in [0.2, 0.25) is 0 Å². The van der Waals surface area contributed by atoms with Crippen molar-refractivity contribution < 1.29 is 9.59 Å². The fourth-order valence-corrected chi connectivity index (χ4v) is 4.24. The van der Waals surface area contributed by atoms with Crippen LogP contribution in [0.3, 0.4) is 0 Å². The number of nitrogens with one attached hydrogen (secondary N) is 3. The Morgan fingerprint density at radius 1 is 0.933 bits per heavy atom. The zero-order chi connectivity index (χ0) is 20.8. The summed E-state index contributed by atoms with van der Waals surface area (Å²) in [5.41, 5.74) is 1.63. The molecule has 0 radical (unpaired) electrons. The van der Waals surface area contributed by atoms with Crippen molar-refractivity contribution in [2.75, 3.05) is 18.4 Å². The zero-order valence-corrected chi connectivity index (χ0v) is 17.2. The summed E-state index contributed by atoms with van der Waals surface area (Å²) in [7, 11) is 0. The van der Waals surface area contributed by atoms with Gasteiger partial charge in [-0.3, -0.25) is 0 Å². The molecule has 1 saturated heterocycles. The van der Waals surface area contributed by atoms with Gasteiger partial charge >= 0.3 is 12.1 Å². The SMILES string of the molecule is O=C(NC1CCCCC1)NC1CCN(C(=O)Nc2cccc(-n3cccn3)c2)CC1. The maximum atomic E-state index is 12.6. The first-order chi connectivity index (χ1) is 14.7. The number of nitrogens with zero attached hydrogens (tertiary/aromatic N) is 3. The van der Waals surface area contributed by atoms with Crippen molar-refractivity contribution in [2.24, 2.45) is 0 Å². The number of carbonyl (C=O) groups excluding carboxylic acids is 2. The number of hydrogen-bond acceptors (Lipinski definition) is 3. The predicted molar refractivity (Wildman–Crippen MR) is 116 cm³/mol. The molecule has 4 rings (SSSR count). The number of amides is 4. The van der Waals surface area contributed by atoms with Crippen LogP contribution in [0.4, 0.5) is 15.3 Å². The third-order valence-electron chi connectivity index (χ3n) is 5.92. The van der Waals surface area contributed by atoms with Crippen LogP contribution in [0.5, 0.6) is 0 Å². The molecule has 0 unspecified atom stereocenters. The summed E-state index contributed by atoms with van der Waals surface area (Å²) in [5, 5.41) is 13.4. The van der Waals surface area contributed by atoms with E-state index in [4.69, 9.17) is 0 Å². The van der Waals surface area contributed by atoms with Gasteiger partial charge in [-0.1, -0.05) is 25.3 Å². The first kappa shape index (κ1) is 20.3. The standard InChI is InChI=1S/C22H30N6O2/c29-21(24-17-6-2-1-3-7-17)25-18-10-14-27(15-11-18)22(30)26-19-8-4-9-20(16-19)28-13-5-12-23-28/h4-5,8-9,12-13,16-18H,1-3,6-7,10-11,14-15H2,(H,26,30)(H2,24,25,29). The van der Waals surface area contributed by atoms with E-state index in [2.05, 4.69) is 21.0 Å². The van der Waals surface area contributed by atoms with Crippen molar-refractivity contribution in [1.82, 2.24) is 25.3 Å². The van der Waals surface area contributed by atoms with Crippen LogP contribution in [0, 0.1) is 0 Å². The van der Waals surface area contributed by atoms with Crippen molar-refractivity contribution in [3.8, 4) is 5.69 Å². The van der Waals surface area contributed by atoms with E-state index in [0.717, 1.165) is 37.1 Å². The van der Waals surface area contributed by atoms with E-state index in [0.29, 0.717) is 19.1 Å². The topological polar surface area (TPSA) is 91.3 Å². The van der Waals surface area contributed by atoms with E-state index in [9.17, 15) is 9.59 Å². The lowest BCUT2D eigenvalue weighted by atomic mass is 9.96. The molecule has 2 fully saturated rings. The first-order valence-corrected chi connectivity index (χ1v) is 10.9. The molecular weight excluding hydrogens is 380 g/mol. The number of carbonyl (C=O) groups is 2. The Kier molecular flexibility index (Phi) is 6.51. The summed E-state index contributed by atoms with van der Waals surface area (Å²) < 4.78 is 1.76. The van der Waals surface area contributed by atoms with Gasteiger partial charge in [-0.25, -0.2) is 14.3 Å². The number of rotatable bonds is 4. The second kappa shape index (κ2) is 9.65. The number of aromatic nitrogens is 2. The lowest BCUT2D eigenvalue weighted by Crippen LogP contribution is -2.51. The number of anilines is 1. The van der Waals surface area contributed by atoms with Crippen LogP contribution in [-0.4, -0.2) is 51.9 Å². The normalized spacial score (nSPS) is 18.1. The van der Waals surface area contributed by atoms with Crippen molar-refractivity contribution in [2.45, 2.75) is 57.0 Å². The highest BCUT2D eigenvalue weighted by atomic mass is 16.2. The van der Waals surface area contributed by atoms with Crippen molar-refractivity contribution >= 4 is 17.7 Å². The Bertz CT molecular complexity index is 839. The number of urea groups is 2. The van der Waals surface area contributed by atoms with Gasteiger partial charge in [-0.05, 0) is 49.9 Å². The fourth-order valence-electron chi connectivity index (χ4n) is 4.24. The lowest BCUT2D eigenvalue weighted by Gasteiger charge is -2.33. The highest BCUT2D eigenvalue weighted by Gasteiger charge is 2.25. The minimum absolute atomic E-state index is 0.0692. The Morgan fingerprint density at radius 2 is 1.67 bits per heavy atom. The molecule has 1 aliphatic heterocycles. The van der Waals surface area contributed by atoms with E-state index in [1.807, 2.05) is 36.5 Å². The fraction of sp³-hybridized carbons (Fsp3) is 0.500. The number of likely N-dealkylation sites (tertiary alicyclic amines) is 1. The average molecular weight is 411 g/mol. The molecule has 8 heteroatoms. The van der Waals surface area contributed by atoms with Gasteiger partial charge in [0.25, 0.3) is 0 Å². The Hall–Kier alpha value is -3.03. The van der Waals surface area contributed by atoms with E-state index in [1.165, 1.54) is 19.3 Å². The van der Waals surface area contributed by atoms with Gasteiger partial charge < -0.3 is 20.9 Å². The summed E-state index contributed by atoms with van der Waals surface area (Å²) in [5.74, 6) is 0. The van der Waals surface area contributed by atoms with Gasteiger partial charge in [0.1, 0.15) is 0 Å². The molecule has 2 heterocycles. The number of hydrogen-bond donors (Lipinski definition) is 3. The van der Waals surface area contributed by atoms with Crippen molar-refractivity contribution in [3.05, 3.63) is 42.7 Å². The Morgan fingerprint density at radius 3 is 2.37 bits per heavy atom. The maximum absolute atomic E-state index is 12.6. The van der Waals surface area contributed by atoms with Crippen LogP contribution in [0.25, 0.3) is 5.69 Å². The molecule has 0 bridgehead atoms. The molecule has 0 atom stereocenters. The average Bonchev–Trinajstić information content (AvgIpc) is 3.30. The smallest absolute Gasteiger partial charge is 0.321 e. The summed E-state index contributed by atoms with van der Waals surface area (Å²) in [4.78, 5) is 26.7.